The molecule has 0 spiro atoms. The molecule has 0 saturated carbocycles. The molecule has 1 N–H and O–H groups in total. The van der Waals surface area contributed by atoms with E-state index < -0.39 is 8.25 Å². The van der Waals surface area contributed by atoms with Crippen LogP contribution in [0.15, 0.2) is 0 Å². The van der Waals surface area contributed by atoms with Gasteiger partial charge >= 0.3 is 8.25 Å². The summed E-state index contributed by atoms with van der Waals surface area (Å²) in [5.74, 6) is 0. The van der Waals surface area contributed by atoms with Crippen LogP contribution in [-0.4, -0.2) is 37.4 Å². The van der Waals surface area contributed by atoms with E-state index in [1.54, 1.807) is 0 Å². The van der Waals surface area contributed by atoms with E-state index in [2.05, 4.69) is 32.7 Å². The van der Waals surface area contributed by atoms with Gasteiger partial charge in [-0.25, -0.2) is 5.26 Å². The second-order valence-electron chi connectivity index (χ2n) is 2.91. The highest BCUT2D eigenvalue weighted by atomic mass is 31.1. The van der Waals surface area contributed by atoms with Crippen LogP contribution >= 0.6 is 8.25 Å². The molecular formula is C5H17NO4P+. The predicted molar refractivity (Wildman–Crippen MR) is 42.0 cm³/mol. The van der Waals surface area contributed by atoms with E-state index in [1.165, 1.54) is 6.54 Å². The zero-order chi connectivity index (χ0) is 9.49. The lowest BCUT2D eigenvalue weighted by Crippen LogP contribution is -2.33. The first-order chi connectivity index (χ1) is 4.83. The fourth-order valence-corrected chi connectivity index (χ4v) is 0. The highest BCUT2D eigenvalue weighted by molar-refractivity contribution is 7.30. The first-order valence-corrected chi connectivity index (χ1v) is 4.19. The number of quaternary nitrogens is 1. The molecule has 1 unspecified atom stereocenters. The molecular weight excluding hydrogens is 169 g/mol. The van der Waals surface area contributed by atoms with Crippen LogP contribution in [0.4, 0.5) is 0 Å². The van der Waals surface area contributed by atoms with Gasteiger partial charge in [0.1, 0.15) is 0 Å². The van der Waals surface area contributed by atoms with Gasteiger partial charge in [-0.2, -0.15) is 0 Å². The molecule has 11 heavy (non-hydrogen) atoms. The molecule has 0 aromatic rings. The number of rotatable bonds is 2. The third kappa shape index (κ3) is 25.7. The molecule has 70 valence electrons. The van der Waals surface area contributed by atoms with Gasteiger partial charge in [-0.1, -0.05) is 0 Å². The van der Waals surface area contributed by atoms with Gasteiger partial charge in [-0.05, 0) is 11.5 Å². The van der Waals surface area contributed by atoms with Crippen molar-refractivity contribution < 1.29 is 25.3 Å². The Morgan fingerprint density at radius 3 is 1.82 bits per heavy atom. The quantitative estimate of drug-likeness (QED) is 0.294. The minimum Gasteiger partial charge on any atom is -0.565 e. The number of hydrogen-bond acceptors (Lipinski definition) is 4. The zero-order valence-corrected chi connectivity index (χ0v) is 8.17. The molecule has 0 aliphatic heterocycles. The average Bonchev–Trinajstić information content (AvgIpc) is 1.88. The van der Waals surface area contributed by atoms with E-state index in [4.69, 9.17) is 14.7 Å². The average molecular weight is 186 g/mol. The van der Waals surface area contributed by atoms with Gasteiger partial charge in [0, 0.05) is 6.10 Å². The molecule has 0 saturated heterocycles. The summed E-state index contributed by atoms with van der Waals surface area (Å²) in [4.78, 5) is 8.93. The van der Waals surface area contributed by atoms with Crippen molar-refractivity contribution in [3.05, 3.63) is 0 Å². The maximum Gasteiger partial charge on any atom is 0.521 e. The van der Waals surface area contributed by atoms with E-state index in [0.717, 1.165) is 4.48 Å². The van der Waals surface area contributed by atoms with Gasteiger partial charge in [0.15, 0.2) is 0 Å². The molecule has 0 aliphatic carbocycles. The third-order valence-electron chi connectivity index (χ3n) is 1.02. The van der Waals surface area contributed by atoms with Crippen molar-refractivity contribution in [2.24, 2.45) is 0 Å². The van der Waals surface area contributed by atoms with Gasteiger partial charge in [-0.15, -0.1) is 0 Å². The van der Waals surface area contributed by atoms with Crippen LogP contribution in [0.5, 0.6) is 0 Å². The molecule has 0 radical (unpaired) electrons. The fraction of sp³-hybridized carbons (Fsp3) is 1.00. The Morgan fingerprint density at radius 1 is 1.64 bits per heavy atom. The monoisotopic (exact) mass is 186 g/mol. The largest absolute Gasteiger partial charge is 0.565 e. The van der Waals surface area contributed by atoms with Crippen molar-refractivity contribution in [1.82, 2.24) is 0 Å². The minimum atomic E-state index is -3.04. The van der Waals surface area contributed by atoms with Crippen LogP contribution in [0.3, 0.4) is 0 Å². The molecule has 0 aliphatic rings. The lowest BCUT2D eigenvalue weighted by atomic mass is 10.6. The van der Waals surface area contributed by atoms with E-state index in [9.17, 15) is 0 Å². The minimum absolute atomic E-state index is 0. The topological polar surface area (TPSA) is 69.6 Å². The lowest BCUT2D eigenvalue weighted by Gasteiger charge is -2.20. The molecule has 6 heteroatoms. The van der Waals surface area contributed by atoms with Crippen LogP contribution < -0.4 is 4.89 Å². The summed E-state index contributed by atoms with van der Waals surface area (Å²) in [7, 11) is 3.50. The zero-order valence-electron chi connectivity index (χ0n) is 7.27. The van der Waals surface area contributed by atoms with Gasteiger partial charge in [0.25, 0.3) is 0 Å². The van der Waals surface area contributed by atoms with Crippen molar-refractivity contribution in [1.29, 1.82) is 0 Å². The van der Waals surface area contributed by atoms with Crippen molar-refractivity contribution in [3.8, 4) is 0 Å². The molecule has 0 heterocycles. The van der Waals surface area contributed by atoms with Gasteiger partial charge < -0.3 is 9.38 Å². The summed E-state index contributed by atoms with van der Waals surface area (Å²) in [5.41, 5.74) is 0. The van der Waals surface area contributed by atoms with Gasteiger partial charge in [-0.3, -0.25) is 0 Å². The second kappa shape index (κ2) is 6.64. The van der Waals surface area contributed by atoms with E-state index in [-0.39, 0.29) is 1.43 Å². The van der Waals surface area contributed by atoms with E-state index in [0.29, 0.717) is 0 Å². The molecule has 1 atom stereocenters. The maximum absolute atomic E-state index is 8.93. The Morgan fingerprint density at radius 2 is 1.82 bits per heavy atom. The predicted octanol–water partition coefficient (Wildman–Crippen LogP) is 0.452. The lowest BCUT2D eigenvalue weighted by molar-refractivity contribution is -0.868. The summed E-state index contributed by atoms with van der Waals surface area (Å²) in [6, 6.07) is 0. The van der Waals surface area contributed by atoms with E-state index in [1.807, 2.05) is 0 Å². The van der Waals surface area contributed by atoms with Gasteiger partial charge in [0.05, 0.1) is 27.7 Å². The van der Waals surface area contributed by atoms with Crippen LogP contribution in [0.1, 0.15) is 8.35 Å². The van der Waals surface area contributed by atoms with Gasteiger partial charge in [0.2, 0.25) is 0 Å². The van der Waals surface area contributed by atoms with Crippen molar-refractivity contribution in [2.45, 2.75) is 6.92 Å². The molecule has 0 bridgehead atoms. The summed E-state index contributed by atoms with van der Waals surface area (Å²) < 4.78 is 12.7. The Bertz CT molecular complexity index is 117. The third-order valence-corrected chi connectivity index (χ3v) is 1.15. The van der Waals surface area contributed by atoms with Crippen molar-refractivity contribution in [3.63, 3.8) is 0 Å². The molecule has 0 fully saturated rings. The number of nitrogens with zero attached hydrogens (tertiary/aromatic N) is 1. The van der Waals surface area contributed by atoms with Crippen LogP contribution in [0.2, 0.25) is 0 Å². The molecule has 0 aromatic heterocycles. The Hall–Kier alpha value is -0.0600. The highest BCUT2D eigenvalue weighted by Gasteiger charge is 1.97. The van der Waals surface area contributed by atoms with E-state index >= 15 is 0 Å². The first kappa shape index (κ1) is 13.5. The summed E-state index contributed by atoms with van der Waals surface area (Å²) in [6.45, 7) is 3.39. The van der Waals surface area contributed by atoms with Crippen LogP contribution in [0, 0.1) is 0 Å². The Kier molecular flexibility index (Phi) is 8.16. The summed E-state index contributed by atoms with van der Waals surface area (Å²) >= 11 is 0. The first-order valence-electron chi connectivity index (χ1n) is 3.10. The van der Waals surface area contributed by atoms with Crippen LogP contribution in [0.25, 0.3) is 0 Å². The summed E-state index contributed by atoms with van der Waals surface area (Å²) in [5, 5.41) is 7.05. The smallest absolute Gasteiger partial charge is 0.521 e. The van der Waals surface area contributed by atoms with Crippen LogP contribution in [-0.2, 0) is 9.24 Å². The Balaban J connectivity index is -0.000000126. The second-order valence-corrected chi connectivity index (χ2v) is 3.52. The molecule has 0 amide bonds. The van der Waals surface area contributed by atoms with Crippen molar-refractivity contribution >= 4 is 8.25 Å². The maximum atomic E-state index is 8.93. The standard InChI is InChI=1S/C5H14N.HO4P.H2/c1-5-6(2,3)4;1-4-5(2)3;/h5H2,1-4H3;1H;1H/q+1;;. The number of hydrogen-bond donors (Lipinski definition) is 1. The van der Waals surface area contributed by atoms with Crippen molar-refractivity contribution in [2.75, 3.05) is 27.7 Å². The molecule has 0 rings (SSSR count). The fourth-order valence-electron chi connectivity index (χ4n) is 0. The Labute approximate surface area is 69.2 Å². The molecule has 5 nitrogen and oxygen atoms in total. The normalized spacial score (nSPS) is 11.6. The molecule has 0 aromatic carbocycles. The summed E-state index contributed by atoms with van der Waals surface area (Å²) in [6.07, 6.45) is 0. The highest BCUT2D eigenvalue weighted by Crippen LogP contribution is 2.02. The SMILES string of the molecule is CC[N+](C)(C)C.O=[P+]([O-])OO.[HH].